The van der Waals surface area contributed by atoms with E-state index in [1.165, 1.54) is 37.7 Å². The zero-order valence-corrected chi connectivity index (χ0v) is 14.2. The van der Waals surface area contributed by atoms with Crippen molar-refractivity contribution in [3.05, 3.63) is 59.9 Å². The number of H-pyrrole nitrogens is 1. The second-order valence-electron chi connectivity index (χ2n) is 6.92. The van der Waals surface area contributed by atoms with E-state index in [1.807, 2.05) is 18.2 Å². The van der Waals surface area contributed by atoms with Gasteiger partial charge in [-0.15, -0.1) is 0 Å². The number of hydrogen-bond donors (Lipinski definition) is 1. The highest BCUT2D eigenvalue weighted by Gasteiger charge is 2.35. The second-order valence-corrected chi connectivity index (χ2v) is 6.92. The average Bonchev–Trinajstić information content (AvgIpc) is 3.05. The van der Waals surface area contributed by atoms with Gasteiger partial charge in [0.1, 0.15) is 17.1 Å². The summed E-state index contributed by atoms with van der Waals surface area (Å²) >= 11 is 0. The van der Waals surface area contributed by atoms with Crippen molar-refractivity contribution in [2.75, 3.05) is 7.11 Å². The Labute approximate surface area is 143 Å². The third-order valence-corrected chi connectivity index (χ3v) is 5.45. The van der Waals surface area contributed by atoms with Crippen LogP contribution >= 0.6 is 0 Å². The molecule has 4 rings (SSSR count). The summed E-state index contributed by atoms with van der Waals surface area (Å²) in [5, 5.41) is 0. The molecule has 1 fully saturated rings. The summed E-state index contributed by atoms with van der Waals surface area (Å²) in [6.07, 6.45) is 7.41. The summed E-state index contributed by atoms with van der Waals surface area (Å²) < 4.78 is 5.47. The molecule has 3 nitrogen and oxygen atoms in total. The molecule has 0 atom stereocenters. The summed E-state index contributed by atoms with van der Waals surface area (Å²) in [6, 6.07) is 17.0. The van der Waals surface area contributed by atoms with Gasteiger partial charge in [-0.3, -0.25) is 0 Å². The van der Waals surface area contributed by atoms with Gasteiger partial charge in [0, 0.05) is 11.8 Å². The second kappa shape index (κ2) is 6.31. The van der Waals surface area contributed by atoms with Gasteiger partial charge < -0.3 is 9.72 Å². The number of benzene rings is 2. The van der Waals surface area contributed by atoms with Crippen molar-refractivity contribution in [3.8, 4) is 5.75 Å². The van der Waals surface area contributed by atoms with Gasteiger partial charge >= 0.3 is 0 Å². The molecule has 3 heteroatoms. The van der Waals surface area contributed by atoms with Gasteiger partial charge in [-0.25, -0.2) is 4.98 Å². The number of aromatic nitrogens is 2. The van der Waals surface area contributed by atoms with Gasteiger partial charge in [0.05, 0.1) is 12.6 Å². The molecule has 1 aromatic heterocycles. The molecule has 124 valence electrons. The fourth-order valence-electron chi connectivity index (χ4n) is 4.22. The number of fused-ring (bicyclic) bond motifs is 1. The number of methoxy groups -OCH3 is 1. The minimum absolute atomic E-state index is 0.209. The van der Waals surface area contributed by atoms with E-state index in [1.54, 1.807) is 7.11 Å². The molecule has 3 aromatic rings. The quantitative estimate of drug-likeness (QED) is 0.733. The van der Waals surface area contributed by atoms with E-state index in [9.17, 15) is 0 Å². The van der Waals surface area contributed by atoms with Crippen LogP contribution in [0.25, 0.3) is 11.0 Å². The van der Waals surface area contributed by atoms with Gasteiger partial charge in [-0.1, -0.05) is 55.7 Å². The van der Waals surface area contributed by atoms with Gasteiger partial charge in [0.25, 0.3) is 0 Å². The van der Waals surface area contributed by atoms with Crippen LogP contribution in [-0.2, 0) is 11.8 Å². The van der Waals surface area contributed by atoms with Crippen molar-refractivity contribution >= 4 is 11.0 Å². The number of imidazole rings is 1. The molecule has 24 heavy (non-hydrogen) atoms. The number of ether oxygens (including phenoxy) is 1. The van der Waals surface area contributed by atoms with Crippen LogP contribution in [0.2, 0.25) is 0 Å². The fourth-order valence-corrected chi connectivity index (χ4v) is 4.22. The van der Waals surface area contributed by atoms with Gasteiger partial charge in [-0.05, 0) is 30.5 Å². The zero-order valence-electron chi connectivity index (χ0n) is 14.2. The van der Waals surface area contributed by atoms with Crippen molar-refractivity contribution in [1.29, 1.82) is 0 Å². The van der Waals surface area contributed by atoms with Crippen molar-refractivity contribution in [3.63, 3.8) is 0 Å². The molecule has 1 saturated carbocycles. The highest BCUT2D eigenvalue weighted by molar-refractivity contribution is 5.81. The first-order chi connectivity index (χ1) is 11.8. The van der Waals surface area contributed by atoms with Crippen LogP contribution in [0, 0.1) is 0 Å². The van der Waals surface area contributed by atoms with Crippen LogP contribution < -0.4 is 4.74 Å². The molecule has 0 spiro atoms. The van der Waals surface area contributed by atoms with Crippen LogP contribution in [-0.4, -0.2) is 17.1 Å². The molecule has 0 unspecified atom stereocenters. The van der Waals surface area contributed by atoms with Crippen LogP contribution in [0.4, 0.5) is 0 Å². The van der Waals surface area contributed by atoms with Crippen LogP contribution in [0.1, 0.15) is 43.5 Å². The van der Waals surface area contributed by atoms with E-state index in [4.69, 9.17) is 9.72 Å². The van der Waals surface area contributed by atoms with E-state index >= 15 is 0 Å². The molecule has 1 aliphatic rings. The van der Waals surface area contributed by atoms with E-state index in [-0.39, 0.29) is 5.41 Å². The number of nitrogens with zero attached hydrogens (tertiary/aromatic N) is 1. The third-order valence-electron chi connectivity index (χ3n) is 5.45. The van der Waals surface area contributed by atoms with Crippen LogP contribution in [0.5, 0.6) is 5.75 Å². The lowest BCUT2D eigenvalue weighted by Gasteiger charge is -2.37. The molecule has 2 aromatic carbocycles. The Morgan fingerprint density at radius 2 is 1.79 bits per heavy atom. The lowest BCUT2D eigenvalue weighted by molar-refractivity contribution is 0.286. The highest BCUT2D eigenvalue weighted by Crippen LogP contribution is 2.42. The SMILES string of the molecule is COc1cccc2nc(CC3(c4ccccc4)CCCCC3)[nH]c12. The summed E-state index contributed by atoms with van der Waals surface area (Å²) in [7, 11) is 1.71. The lowest BCUT2D eigenvalue weighted by Crippen LogP contribution is -2.32. The van der Waals surface area contributed by atoms with Crippen molar-refractivity contribution in [2.24, 2.45) is 0 Å². The minimum atomic E-state index is 0.209. The van der Waals surface area contributed by atoms with Crippen molar-refractivity contribution < 1.29 is 4.74 Å². The first-order valence-electron chi connectivity index (χ1n) is 8.88. The van der Waals surface area contributed by atoms with Crippen LogP contribution in [0.15, 0.2) is 48.5 Å². The smallest absolute Gasteiger partial charge is 0.144 e. The van der Waals surface area contributed by atoms with E-state index in [2.05, 4.69) is 35.3 Å². The number of para-hydroxylation sites is 1. The average molecular weight is 320 g/mol. The first kappa shape index (κ1) is 15.3. The number of hydrogen-bond acceptors (Lipinski definition) is 2. The Kier molecular flexibility index (Phi) is 4.01. The number of nitrogens with one attached hydrogen (secondary N) is 1. The summed E-state index contributed by atoms with van der Waals surface area (Å²) in [5.41, 5.74) is 3.66. The molecule has 0 aliphatic heterocycles. The number of rotatable bonds is 4. The van der Waals surface area contributed by atoms with E-state index in [0.717, 1.165) is 29.0 Å². The van der Waals surface area contributed by atoms with Crippen molar-refractivity contribution in [2.45, 2.75) is 43.9 Å². The summed E-state index contributed by atoms with van der Waals surface area (Å²) in [4.78, 5) is 8.37. The standard InChI is InChI=1S/C21H24N2O/c1-24-18-12-8-11-17-20(18)23-19(22-17)15-21(13-6-3-7-14-21)16-9-4-2-5-10-16/h2,4-5,8-12H,3,6-7,13-15H2,1H3,(H,22,23). The summed E-state index contributed by atoms with van der Waals surface area (Å²) in [6.45, 7) is 0. The predicted octanol–water partition coefficient (Wildman–Crippen LogP) is 5.02. The Balaban J connectivity index is 1.73. The summed E-state index contributed by atoms with van der Waals surface area (Å²) in [5.74, 6) is 1.93. The molecule has 0 saturated heterocycles. The Hall–Kier alpha value is -2.29. The fraction of sp³-hybridized carbons (Fsp3) is 0.381. The van der Waals surface area contributed by atoms with E-state index in [0.29, 0.717) is 0 Å². The topological polar surface area (TPSA) is 37.9 Å². The molecular formula is C21H24N2O. The molecule has 0 radical (unpaired) electrons. The molecule has 0 bridgehead atoms. The molecule has 0 amide bonds. The Morgan fingerprint density at radius 3 is 2.54 bits per heavy atom. The van der Waals surface area contributed by atoms with Gasteiger partial charge in [0.2, 0.25) is 0 Å². The monoisotopic (exact) mass is 320 g/mol. The molecule has 1 N–H and O–H groups in total. The number of aromatic amines is 1. The normalized spacial score (nSPS) is 17.0. The maximum absolute atomic E-state index is 5.47. The molecule has 1 aliphatic carbocycles. The lowest BCUT2D eigenvalue weighted by atomic mass is 9.67. The zero-order chi connectivity index (χ0) is 16.4. The van der Waals surface area contributed by atoms with Gasteiger partial charge in [0.15, 0.2) is 0 Å². The maximum Gasteiger partial charge on any atom is 0.144 e. The first-order valence-corrected chi connectivity index (χ1v) is 8.88. The highest BCUT2D eigenvalue weighted by atomic mass is 16.5. The largest absolute Gasteiger partial charge is 0.494 e. The van der Waals surface area contributed by atoms with Gasteiger partial charge in [-0.2, -0.15) is 0 Å². The predicted molar refractivity (Wildman–Crippen MR) is 97.6 cm³/mol. The van der Waals surface area contributed by atoms with Crippen molar-refractivity contribution in [1.82, 2.24) is 9.97 Å². The Bertz CT molecular complexity index is 816. The molecule has 1 heterocycles. The van der Waals surface area contributed by atoms with Crippen LogP contribution in [0.3, 0.4) is 0 Å². The maximum atomic E-state index is 5.47. The molecular weight excluding hydrogens is 296 g/mol. The Morgan fingerprint density at radius 1 is 1.00 bits per heavy atom. The van der Waals surface area contributed by atoms with E-state index < -0.39 is 0 Å². The minimum Gasteiger partial charge on any atom is -0.494 e. The third kappa shape index (κ3) is 2.68.